The molecule has 4 nitrogen and oxygen atoms in total. The topological polar surface area (TPSA) is 49.4 Å². The van der Waals surface area contributed by atoms with Gasteiger partial charge in [-0.1, -0.05) is 36.4 Å². The molecule has 0 bridgehead atoms. The number of hydrogen-bond donors (Lipinski definition) is 1. The van der Waals surface area contributed by atoms with Gasteiger partial charge < -0.3 is 4.90 Å². The van der Waals surface area contributed by atoms with Crippen LogP contribution >= 0.6 is 0 Å². The molecule has 1 aliphatic heterocycles. The van der Waals surface area contributed by atoms with E-state index in [2.05, 4.69) is 33.9 Å². The largest absolute Gasteiger partial charge is 0.303 e. The molecular weight excluding hydrogens is 351 g/mol. The average molecular weight is 376 g/mol. The molecule has 26 heavy (non-hydrogen) atoms. The van der Waals surface area contributed by atoms with Gasteiger partial charge in [0.2, 0.25) is 10.0 Å². The van der Waals surface area contributed by atoms with Crippen LogP contribution in [0.4, 0.5) is 4.39 Å². The number of halogens is 1. The minimum Gasteiger partial charge on any atom is -0.303 e. The molecule has 2 aromatic carbocycles. The van der Waals surface area contributed by atoms with E-state index in [1.54, 1.807) is 0 Å². The Kier molecular flexibility index (Phi) is 6.40. The summed E-state index contributed by atoms with van der Waals surface area (Å²) in [6, 6.07) is 15.6. The lowest BCUT2D eigenvalue weighted by atomic mass is 9.97. The number of rotatable bonds is 7. The molecule has 0 aromatic heterocycles. The first kappa shape index (κ1) is 19.0. The lowest BCUT2D eigenvalue weighted by Crippen LogP contribution is -2.39. The highest BCUT2D eigenvalue weighted by atomic mass is 32.2. The third-order valence-electron chi connectivity index (χ3n) is 4.94. The minimum absolute atomic E-state index is 0.0159. The SMILES string of the molecule is O=S(=O)(NCC1CCN(CCc2ccccc2)CC1)c1cccc(F)c1. The molecule has 2 aromatic rings. The molecule has 0 radical (unpaired) electrons. The minimum atomic E-state index is -3.65. The molecule has 1 saturated heterocycles. The number of nitrogens with one attached hydrogen (secondary N) is 1. The zero-order valence-corrected chi connectivity index (χ0v) is 15.6. The van der Waals surface area contributed by atoms with E-state index < -0.39 is 15.8 Å². The highest BCUT2D eigenvalue weighted by Gasteiger charge is 2.22. The van der Waals surface area contributed by atoms with Crippen molar-refractivity contribution in [3.05, 3.63) is 66.0 Å². The van der Waals surface area contributed by atoms with Crippen molar-refractivity contribution in [2.45, 2.75) is 24.2 Å². The number of nitrogens with zero attached hydrogens (tertiary/aromatic N) is 1. The molecule has 0 spiro atoms. The van der Waals surface area contributed by atoms with E-state index in [-0.39, 0.29) is 4.90 Å². The maximum absolute atomic E-state index is 13.2. The van der Waals surface area contributed by atoms with Gasteiger partial charge in [0, 0.05) is 13.1 Å². The summed E-state index contributed by atoms with van der Waals surface area (Å²) in [6.07, 6.45) is 2.98. The summed E-state index contributed by atoms with van der Waals surface area (Å²) >= 11 is 0. The Balaban J connectivity index is 1.42. The summed E-state index contributed by atoms with van der Waals surface area (Å²) in [7, 11) is -3.65. The summed E-state index contributed by atoms with van der Waals surface area (Å²) in [5.41, 5.74) is 1.34. The standard InChI is InChI=1S/C20H25FN2O2S/c21-19-7-4-8-20(15-19)26(24,25)22-16-18-10-13-23(14-11-18)12-9-17-5-2-1-3-6-17/h1-8,15,18,22H,9-14,16H2. The molecule has 1 fully saturated rings. The van der Waals surface area contributed by atoms with Crippen molar-refractivity contribution in [1.29, 1.82) is 0 Å². The molecule has 6 heteroatoms. The molecular formula is C20H25FN2O2S. The van der Waals surface area contributed by atoms with Crippen LogP contribution in [0, 0.1) is 11.7 Å². The Morgan fingerprint density at radius 1 is 1.04 bits per heavy atom. The Morgan fingerprint density at radius 2 is 1.77 bits per heavy atom. The van der Waals surface area contributed by atoms with E-state index in [1.165, 1.54) is 23.8 Å². The summed E-state index contributed by atoms with van der Waals surface area (Å²) in [6.45, 7) is 3.41. The van der Waals surface area contributed by atoms with Crippen LogP contribution in [0.2, 0.25) is 0 Å². The predicted molar refractivity (Wildman–Crippen MR) is 101 cm³/mol. The second kappa shape index (κ2) is 8.75. The zero-order valence-electron chi connectivity index (χ0n) is 14.8. The predicted octanol–water partition coefficient (Wildman–Crippen LogP) is 3.06. The first-order valence-corrected chi connectivity index (χ1v) is 10.5. The molecule has 0 atom stereocenters. The van der Waals surface area contributed by atoms with Gasteiger partial charge in [-0.25, -0.2) is 17.5 Å². The van der Waals surface area contributed by atoms with Crippen molar-refractivity contribution in [3.8, 4) is 0 Å². The van der Waals surface area contributed by atoms with Crippen LogP contribution in [0.5, 0.6) is 0 Å². The van der Waals surface area contributed by atoms with Gasteiger partial charge in [-0.2, -0.15) is 0 Å². The fourth-order valence-corrected chi connectivity index (χ4v) is 4.44. The molecule has 1 heterocycles. The number of hydrogen-bond acceptors (Lipinski definition) is 3. The van der Waals surface area contributed by atoms with E-state index in [0.29, 0.717) is 12.5 Å². The summed E-state index contributed by atoms with van der Waals surface area (Å²) in [5, 5.41) is 0. The number of likely N-dealkylation sites (tertiary alicyclic amines) is 1. The van der Waals surface area contributed by atoms with E-state index in [1.807, 2.05) is 6.07 Å². The van der Waals surface area contributed by atoms with Gasteiger partial charge >= 0.3 is 0 Å². The molecule has 140 valence electrons. The van der Waals surface area contributed by atoms with Gasteiger partial charge in [0.05, 0.1) is 4.90 Å². The van der Waals surface area contributed by atoms with Crippen LogP contribution in [-0.4, -0.2) is 39.5 Å². The quantitative estimate of drug-likeness (QED) is 0.808. The third kappa shape index (κ3) is 5.37. The summed E-state index contributed by atoms with van der Waals surface area (Å²) in [4.78, 5) is 2.42. The van der Waals surface area contributed by atoms with Crippen molar-refractivity contribution in [2.24, 2.45) is 5.92 Å². The monoisotopic (exact) mass is 376 g/mol. The van der Waals surface area contributed by atoms with Crippen LogP contribution in [0.1, 0.15) is 18.4 Å². The number of sulfonamides is 1. The van der Waals surface area contributed by atoms with Crippen LogP contribution < -0.4 is 4.72 Å². The number of benzene rings is 2. The first-order valence-electron chi connectivity index (χ1n) is 9.04. The highest BCUT2D eigenvalue weighted by Crippen LogP contribution is 2.18. The molecule has 0 amide bonds. The van der Waals surface area contributed by atoms with Crippen LogP contribution in [0.25, 0.3) is 0 Å². The van der Waals surface area contributed by atoms with E-state index >= 15 is 0 Å². The molecule has 1 aliphatic rings. The van der Waals surface area contributed by atoms with Gasteiger partial charge in [-0.3, -0.25) is 0 Å². The van der Waals surface area contributed by atoms with Gasteiger partial charge in [-0.15, -0.1) is 0 Å². The van der Waals surface area contributed by atoms with Gasteiger partial charge in [0.25, 0.3) is 0 Å². The highest BCUT2D eigenvalue weighted by molar-refractivity contribution is 7.89. The Labute approximate surface area is 155 Å². The smallest absolute Gasteiger partial charge is 0.240 e. The molecule has 0 unspecified atom stereocenters. The van der Waals surface area contributed by atoms with Crippen LogP contribution in [0.15, 0.2) is 59.5 Å². The normalized spacial score (nSPS) is 16.7. The second-order valence-electron chi connectivity index (χ2n) is 6.83. The lowest BCUT2D eigenvalue weighted by Gasteiger charge is -2.32. The van der Waals surface area contributed by atoms with Crippen molar-refractivity contribution in [1.82, 2.24) is 9.62 Å². The van der Waals surface area contributed by atoms with Gasteiger partial charge in [-0.05, 0) is 62.0 Å². The van der Waals surface area contributed by atoms with E-state index in [0.717, 1.165) is 45.0 Å². The molecule has 0 saturated carbocycles. The third-order valence-corrected chi connectivity index (χ3v) is 6.36. The van der Waals surface area contributed by atoms with Crippen molar-refractivity contribution < 1.29 is 12.8 Å². The van der Waals surface area contributed by atoms with Crippen LogP contribution in [0.3, 0.4) is 0 Å². The first-order chi connectivity index (χ1) is 12.5. The zero-order chi connectivity index (χ0) is 18.4. The molecule has 1 N–H and O–H groups in total. The Morgan fingerprint density at radius 3 is 2.46 bits per heavy atom. The fourth-order valence-electron chi connectivity index (χ4n) is 3.29. The van der Waals surface area contributed by atoms with E-state index in [4.69, 9.17) is 0 Å². The van der Waals surface area contributed by atoms with Crippen LogP contribution in [-0.2, 0) is 16.4 Å². The maximum atomic E-state index is 13.2. The molecule has 3 rings (SSSR count). The lowest BCUT2D eigenvalue weighted by molar-refractivity contribution is 0.187. The Hall–Kier alpha value is -1.76. The van der Waals surface area contributed by atoms with E-state index in [9.17, 15) is 12.8 Å². The second-order valence-corrected chi connectivity index (χ2v) is 8.60. The Bertz CT molecular complexity index is 804. The van der Waals surface area contributed by atoms with Crippen molar-refractivity contribution >= 4 is 10.0 Å². The average Bonchev–Trinajstić information content (AvgIpc) is 2.66. The van der Waals surface area contributed by atoms with Gasteiger partial charge in [0.1, 0.15) is 5.82 Å². The fraction of sp³-hybridized carbons (Fsp3) is 0.400. The van der Waals surface area contributed by atoms with Crippen molar-refractivity contribution in [2.75, 3.05) is 26.2 Å². The molecule has 0 aliphatic carbocycles. The summed E-state index contributed by atoms with van der Waals surface area (Å²) in [5.74, 6) is -0.217. The summed E-state index contributed by atoms with van der Waals surface area (Å²) < 4.78 is 40.4. The number of piperidine rings is 1. The van der Waals surface area contributed by atoms with Gasteiger partial charge in [0.15, 0.2) is 0 Å². The maximum Gasteiger partial charge on any atom is 0.240 e. The van der Waals surface area contributed by atoms with Crippen molar-refractivity contribution in [3.63, 3.8) is 0 Å².